The van der Waals surface area contributed by atoms with E-state index >= 15 is 0 Å². The first kappa shape index (κ1) is 15.5. The van der Waals surface area contributed by atoms with E-state index in [1.165, 1.54) is 0 Å². The van der Waals surface area contributed by atoms with Gasteiger partial charge in [-0.1, -0.05) is 11.6 Å². The number of ketones is 1. The minimum absolute atomic E-state index is 0.0962. The first-order valence-electron chi connectivity index (χ1n) is 7.12. The molecular formula is C17H14ClNO4. The molecule has 0 saturated carbocycles. The highest BCUT2D eigenvalue weighted by atomic mass is 35.5. The summed E-state index contributed by atoms with van der Waals surface area (Å²) in [7, 11) is 1.56. The van der Waals surface area contributed by atoms with Gasteiger partial charge >= 0.3 is 0 Å². The van der Waals surface area contributed by atoms with Crippen LogP contribution in [0.5, 0.6) is 5.75 Å². The summed E-state index contributed by atoms with van der Waals surface area (Å²) in [5, 5.41) is 0.122. The molecule has 2 heterocycles. The number of fused-ring (bicyclic) bond motifs is 1. The Kier molecular flexibility index (Phi) is 4.05. The number of aromatic nitrogens is 1. The Morgan fingerprint density at radius 2 is 1.96 bits per heavy atom. The molecule has 3 rings (SSSR count). The summed E-state index contributed by atoms with van der Waals surface area (Å²) in [5.41, 5.74) is 1.56. The summed E-state index contributed by atoms with van der Waals surface area (Å²) >= 11 is 6.09. The molecule has 1 aliphatic rings. The molecule has 0 spiro atoms. The van der Waals surface area contributed by atoms with Crippen LogP contribution in [-0.2, 0) is 6.54 Å². The predicted molar refractivity (Wildman–Crippen MR) is 84.9 cm³/mol. The zero-order valence-corrected chi connectivity index (χ0v) is 13.2. The van der Waals surface area contributed by atoms with Crippen LogP contribution in [0.1, 0.15) is 49.2 Å². The summed E-state index contributed by atoms with van der Waals surface area (Å²) in [6.45, 7) is 0.490. The highest BCUT2D eigenvalue weighted by molar-refractivity contribution is 6.35. The number of halogens is 1. The zero-order chi connectivity index (χ0) is 16.6. The molecule has 118 valence electrons. The van der Waals surface area contributed by atoms with Crippen molar-refractivity contribution < 1.29 is 19.1 Å². The third-order valence-corrected chi connectivity index (χ3v) is 4.61. The maximum atomic E-state index is 12.8. The molecule has 1 unspecified atom stereocenters. The van der Waals surface area contributed by atoms with Crippen molar-refractivity contribution in [3.05, 3.63) is 51.8 Å². The van der Waals surface area contributed by atoms with Crippen molar-refractivity contribution in [1.29, 1.82) is 0 Å². The van der Waals surface area contributed by atoms with E-state index in [4.69, 9.17) is 16.3 Å². The number of aldehydes is 2. The number of carbonyl (C=O) groups excluding carboxylic acids is 3. The summed E-state index contributed by atoms with van der Waals surface area (Å²) in [6.07, 6.45) is 1.78. The lowest BCUT2D eigenvalue weighted by Crippen LogP contribution is -2.11. The van der Waals surface area contributed by atoms with Crippen molar-refractivity contribution >= 4 is 30.0 Å². The fraction of sp³-hybridized carbons (Fsp3) is 0.235. The van der Waals surface area contributed by atoms with Crippen LogP contribution in [0.2, 0.25) is 5.02 Å². The van der Waals surface area contributed by atoms with Gasteiger partial charge in [-0.15, -0.1) is 0 Å². The number of hydrogen-bond donors (Lipinski definition) is 0. The van der Waals surface area contributed by atoms with Gasteiger partial charge < -0.3 is 9.30 Å². The molecule has 23 heavy (non-hydrogen) atoms. The van der Waals surface area contributed by atoms with Crippen LogP contribution < -0.4 is 4.74 Å². The van der Waals surface area contributed by atoms with Gasteiger partial charge in [-0.3, -0.25) is 14.4 Å². The Balaban J connectivity index is 2.03. The van der Waals surface area contributed by atoms with Gasteiger partial charge in [-0.25, -0.2) is 0 Å². The highest BCUT2D eigenvalue weighted by Crippen LogP contribution is 2.39. The molecule has 0 saturated heterocycles. The van der Waals surface area contributed by atoms with Gasteiger partial charge in [0.2, 0.25) is 0 Å². The van der Waals surface area contributed by atoms with Gasteiger partial charge in [0.05, 0.1) is 23.6 Å². The molecule has 1 atom stereocenters. The average molecular weight is 332 g/mol. The Morgan fingerprint density at radius 3 is 2.52 bits per heavy atom. The standard InChI is InChI=1S/C17H14ClNO4/c1-23-11-4-2-10(3-5-11)17(22)12-6-7-19-14(9-21)15(18)13(8-20)16(12)19/h2-5,8-9,12H,6-7H2,1H3. The second kappa shape index (κ2) is 6.01. The van der Waals surface area contributed by atoms with E-state index in [2.05, 4.69) is 0 Å². The second-order valence-electron chi connectivity index (χ2n) is 5.32. The maximum Gasteiger partial charge on any atom is 0.171 e. The van der Waals surface area contributed by atoms with E-state index < -0.39 is 5.92 Å². The fourth-order valence-electron chi connectivity index (χ4n) is 3.09. The third-order valence-electron chi connectivity index (χ3n) is 4.21. The SMILES string of the molecule is COc1ccc(C(=O)C2CCn3c(C=O)c(Cl)c(C=O)c32)cc1. The first-order chi connectivity index (χ1) is 11.1. The van der Waals surface area contributed by atoms with Gasteiger partial charge in [0, 0.05) is 17.8 Å². The highest BCUT2D eigenvalue weighted by Gasteiger charge is 2.36. The molecule has 2 aromatic rings. The molecular weight excluding hydrogens is 318 g/mol. The molecule has 0 radical (unpaired) electrons. The lowest BCUT2D eigenvalue weighted by Gasteiger charge is -2.10. The van der Waals surface area contributed by atoms with Crippen molar-refractivity contribution in [2.24, 2.45) is 0 Å². The lowest BCUT2D eigenvalue weighted by molar-refractivity contribution is 0.0959. The molecule has 0 bridgehead atoms. The monoisotopic (exact) mass is 331 g/mol. The zero-order valence-electron chi connectivity index (χ0n) is 12.4. The number of Topliss-reactive ketones (excluding diaryl/α,β-unsaturated/α-hetero) is 1. The van der Waals surface area contributed by atoms with Gasteiger partial charge in [0.25, 0.3) is 0 Å². The average Bonchev–Trinajstić information content (AvgIpc) is 3.11. The van der Waals surface area contributed by atoms with Crippen molar-refractivity contribution in [1.82, 2.24) is 4.57 Å². The summed E-state index contributed by atoms with van der Waals surface area (Å²) in [4.78, 5) is 35.4. The maximum absolute atomic E-state index is 12.8. The van der Waals surface area contributed by atoms with Crippen LogP contribution in [0, 0.1) is 0 Å². The molecule has 1 aromatic heterocycles. The summed E-state index contributed by atoms with van der Waals surface area (Å²) < 4.78 is 6.75. The summed E-state index contributed by atoms with van der Waals surface area (Å²) in [6, 6.07) is 6.81. The van der Waals surface area contributed by atoms with Gasteiger partial charge in [0.1, 0.15) is 11.4 Å². The van der Waals surface area contributed by atoms with Crippen molar-refractivity contribution in [3.8, 4) is 5.75 Å². The topological polar surface area (TPSA) is 65.4 Å². The molecule has 0 aliphatic carbocycles. The quantitative estimate of drug-likeness (QED) is 0.623. The fourth-order valence-corrected chi connectivity index (χ4v) is 3.38. The number of benzene rings is 1. The Labute approximate surface area is 137 Å². The van der Waals surface area contributed by atoms with E-state index in [1.807, 2.05) is 0 Å². The first-order valence-corrected chi connectivity index (χ1v) is 7.50. The summed E-state index contributed by atoms with van der Waals surface area (Å²) in [5.74, 6) is 0.0899. The van der Waals surface area contributed by atoms with Crippen LogP contribution in [-0.4, -0.2) is 30.0 Å². The van der Waals surface area contributed by atoms with Crippen molar-refractivity contribution in [2.75, 3.05) is 7.11 Å². The van der Waals surface area contributed by atoms with Crippen molar-refractivity contribution in [2.45, 2.75) is 18.9 Å². The van der Waals surface area contributed by atoms with Crippen LogP contribution in [0.3, 0.4) is 0 Å². The molecule has 1 aromatic carbocycles. The predicted octanol–water partition coefficient (Wildman–Crippen LogP) is 3.15. The van der Waals surface area contributed by atoms with Gasteiger partial charge in [-0.2, -0.15) is 0 Å². The van der Waals surface area contributed by atoms with Crippen LogP contribution in [0.4, 0.5) is 0 Å². The number of rotatable bonds is 5. The van der Waals surface area contributed by atoms with Crippen molar-refractivity contribution in [3.63, 3.8) is 0 Å². The van der Waals surface area contributed by atoms with Gasteiger partial charge in [-0.05, 0) is 30.7 Å². The minimum atomic E-state index is -0.477. The number of ether oxygens (including phenoxy) is 1. The second-order valence-corrected chi connectivity index (χ2v) is 5.70. The van der Waals surface area contributed by atoms with Crippen LogP contribution in [0.15, 0.2) is 24.3 Å². The minimum Gasteiger partial charge on any atom is -0.497 e. The van der Waals surface area contributed by atoms with E-state index in [1.54, 1.807) is 35.9 Å². The Bertz CT molecular complexity index is 792. The lowest BCUT2D eigenvalue weighted by atomic mass is 9.92. The molecule has 0 fully saturated rings. The third kappa shape index (κ3) is 2.37. The van der Waals surface area contributed by atoms with E-state index in [0.29, 0.717) is 42.5 Å². The number of methoxy groups -OCH3 is 1. The number of hydrogen-bond acceptors (Lipinski definition) is 4. The van der Waals surface area contributed by atoms with Crippen LogP contribution >= 0.6 is 11.6 Å². The molecule has 5 nitrogen and oxygen atoms in total. The van der Waals surface area contributed by atoms with E-state index in [0.717, 1.165) is 0 Å². The van der Waals surface area contributed by atoms with Gasteiger partial charge in [0.15, 0.2) is 18.4 Å². The van der Waals surface area contributed by atoms with E-state index in [-0.39, 0.29) is 22.1 Å². The molecule has 0 N–H and O–H groups in total. The smallest absolute Gasteiger partial charge is 0.171 e. The Hall–Kier alpha value is -2.40. The van der Waals surface area contributed by atoms with E-state index in [9.17, 15) is 14.4 Å². The number of carbonyl (C=O) groups is 3. The molecule has 0 amide bonds. The normalized spacial score (nSPS) is 16.0. The molecule has 6 heteroatoms. The molecule has 1 aliphatic heterocycles. The largest absolute Gasteiger partial charge is 0.497 e. The van der Waals surface area contributed by atoms with Crippen LogP contribution in [0.25, 0.3) is 0 Å². The Morgan fingerprint density at radius 1 is 1.26 bits per heavy atom. The number of nitrogens with zero attached hydrogens (tertiary/aromatic N) is 1.